The predicted octanol–water partition coefficient (Wildman–Crippen LogP) is -0.0704. The van der Waals surface area contributed by atoms with E-state index in [2.05, 4.69) is 10.0 Å². The third-order valence-electron chi connectivity index (χ3n) is 3.68. The molecule has 112 valence electrons. The van der Waals surface area contributed by atoms with E-state index in [1.54, 1.807) is 0 Å². The highest BCUT2D eigenvalue weighted by Crippen LogP contribution is 2.14. The lowest BCUT2D eigenvalue weighted by molar-refractivity contribution is -0.0444. The van der Waals surface area contributed by atoms with Gasteiger partial charge in [0.25, 0.3) is 10.2 Å². The molecule has 7 heteroatoms. The van der Waals surface area contributed by atoms with Crippen LogP contribution >= 0.6 is 0 Å². The Labute approximate surface area is 116 Å². The second kappa shape index (κ2) is 6.49. The van der Waals surface area contributed by atoms with Gasteiger partial charge >= 0.3 is 0 Å². The summed E-state index contributed by atoms with van der Waals surface area (Å²) in [6, 6.07) is 0. The molecule has 2 rings (SSSR count). The Balaban J connectivity index is 1.86. The highest BCUT2D eigenvalue weighted by Gasteiger charge is 2.31. The van der Waals surface area contributed by atoms with Crippen LogP contribution in [0.4, 0.5) is 0 Å². The van der Waals surface area contributed by atoms with Crippen molar-refractivity contribution >= 4 is 10.2 Å². The highest BCUT2D eigenvalue weighted by atomic mass is 32.2. The normalized spacial score (nSPS) is 34.3. The number of nitrogens with one attached hydrogen (secondary N) is 2. The molecule has 6 nitrogen and oxygen atoms in total. The quantitative estimate of drug-likeness (QED) is 0.761. The van der Waals surface area contributed by atoms with Gasteiger partial charge in [-0.1, -0.05) is 0 Å². The van der Waals surface area contributed by atoms with Crippen molar-refractivity contribution in [2.45, 2.75) is 38.9 Å². The fraction of sp³-hybridized carbons (Fsp3) is 1.00. The van der Waals surface area contributed by atoms with Gasteiger partial charge in [0, 0.05) is 19.6 Å². The van der Waals surface area contributed by atoms with Crippen molar-refractivity contribution in [2.24, 2.45) is 5.92 Å². The van der Waals surface area contributed by atoms with E-state index in [9.17, 15) is 8.42 Å². The highest BCUT2D eigenvalue weighted by molar-refractivity contribution is 7.87. The van der Waals surface area contributed by atoms with E-state index in [0.717, 1.165) is 25.9 Å². The van der Waals surface area contributed by atoms with Crippen molar-refractivity contribution in [3.05, 3.63) is 0 Å². The molecule has 0 aromatic heterocycles. The molecular weight excluding hydrogens is 266 g/mol. The van der Waals surface area contributed by atoms with Gasteiger partial charge in [-0.25, -0.2) is 4.72 Å². The molecule has 2 heterocycles. The molecule has 19 heavy (non-hydrogen) atoms. The summed E-state index contributed by atoms with van der Waals surface area (Å²) in [6.45, 7) is 7.15. The topological polar surface area (TPSA) is 70.7 Å². The molecule has 2 saturated heterocycles. The lowest BCUT2D eigenvalue weighted by Crippen LogP contribution is -2.52. The summed E-state index contributed by atoms with van der Waals surface area (Å²) in [5, 5.41) is 3.30. The summed E-state index contributed by atoms with van der Waals surface area (Å²) < 4.78 is 34.3. The van der Waals surface area contributed by atoms with Crippen molar-refractivity contribution in [3.63, 3.8) is 0 Å². The smallest absolute Gasteiger partial charge is 0.279 e. The first-order valence-corrected chi connectivity index (χ1v) is 8.52. The number of piperidine rings is 1. The van der Waals surface area contributed by atoms with Crippen molar-refractivity contribution in [3.8, 4) is 0 Å². The van der Waals surface area contributed by atoms with Crippen LogP contribution in [0.5, 0.6) is 0 Å². The van der Waals surface area contributed by atoms with Gasteiger partial charge in [-0.2, -0.15) is 12.7 Å². The molecule has 0 saturated carbocycles. The van der Waals surface area contributed by atoms with Crippen LogP contribution in [0.15, 0.2) is 0 Å². The maximum atomic E-state index is 12.3. The Bertz CT molecular complexity index is 372. The summed E-state index contributed by atoms with van der Waals surface area (Å²) in [4.78, 5) is 0. The summed E-state index contributed by atoms with van der Waals surface area (Å²) in [5.41, 5.74) is 0. The van der Waals surface area contributed by atoms with Crippen molar-refractivity contribution in [1.29, 1.82) is 0 Å². The first kappa shape index (κ1) is 15.2. The minimum atomic E-state index is -3.37. The zero-order valence-corrected chi connectivity index (χ0v) is 12.6. The average molecular weight is 291 g/mol. The van der Waals surface area contributed by atoms with Gasteiger partial charge in [-0.15, -0.1) is 0 Å². The van der Waals surface area contributed by atoms with Crippen LogP contribution in [0.25, 0.3) is 0 Å². The molecule has 2 N–H and O–H groups in total. The van der Waals surface area contributed by atoms with E-state index in [0.29, 0.717) is 25.6 Å². The summed E-state index contributed by atoms with van der Waals surface area (Å²) in [7, 11) is -3.37. The summed E-state index contributed by atoms with van der Waals surface area (Å²) in [5.74, 6) is 0.402. The Hall–Kier alpha value is -0.210. The molecule has 3 atom stereocenters. The number of nitrogens with zero attached hydrogens (tertiary/aromatic N) is 1. The number of ether oxygens (including phenoxy) is 1. The monoisotopic (exact) mass is 291 g/mol. The third-order valence-corrected chi connectivity index (χ3v) is 5.19. The van der Waals surface area contributed by atoms with Crippen LogP contribution < -0.4 is 10.0 Å². The second-order valence-electron chi connectivity index (χ2n) is 5.64. The molecule has 2 aliphatic heterocycles. The maximum absolute atomic E-state index is 12.3. The van der Waals surface area contributed by atoms with Crippen LogP contribution in [0.2, 0.25) is 0 Å². The predicted molar refractivity (Wildman–Crippen MR) is 74.1 cm³/mol. The van der Waals surface area contributed by atoms with Gasteiger partial charge in [0.05, 0.1) is 12.2 Å². The molecular formula is C12H25N3O3S. The third kappa shape index (κ3) is 4.39. The maximum Gasteiger partial charge on any atom is 0.279 e. The lowest BCUT2D eigenvalue weighted by Gasteiger charge is -2.34. The zero-order valence-electron chi connectivity index (χ0n) is 11.8. The fourth-order valence-corrected chi connectivity index (χ4v) is 4.18. The summed E-state index contributed by atoms with van der Waals surface area (Å²) >= 11 is 0. The largest absolute Gasteiger partial charge is 0.373 e. The SMILES string of the molecule is CC1CN(S(=O)(=O)NCC2CCCNC2)CC(C)O1. The van der Waals surface area contributed by atoms with E-state index in [-0.39, 0.29) is 12.2 Å². The molecule has 0 radical (unpaired) electrons. The van der Waals surface area contributed by atoms with Crippen molar-refractivity contribution < 1.29 is 13.2 Å². The Morgan fingerprint density at radius 1 is 1.32 bits per heavy atom. The van der Waals surface area contributed by atoms with E-state index < -0.39 is 10.2 Å². The minimum Gasteiger partial charge on any atom is -0.373 e. The second-order valence-corrected chi connectivity index (χ2v) is 7.40. The number of rotatable bonds is 4. The average Bonchev–Trinajstić information content (AvgIpc) is 2.37. The first-order chi connectivity index (χ1) is 8.97. The molecule has 3 unspecified atom stereocenters. The standard InChI is InChI=1S/C12H25N3O3S/c1-10-8-15(9-11(2)18-10)19(16,17)14-7-12-4-3-5-13-6-12/h10-14H,3-9H2,1-2H3. The van der Waals surface area contributed by atoms with Gasteiger partial charge in [0.2, 0.25) is 0 Å². The molecule has 0 aliphatic carbocycles. The van der Waals surface area contributed by atoms with Gasteiger partial charge < -0.3 is 10.1 Å². The van der Waals surface area contributed by atoms with Crippen LogP contribution in [0.3, 0.4) is 0 Å². The molecule has 0 aromatic rings. The van der Waals surface area contributed by atoms with Gasteiger partial charge in [-0.3, -0.25) is 0 Å². The Morgan fingerprint density at radius 3 is 2.58 bits per heavy atom. The summed E-state index contributed by atoms with van der Waals surface area (Å²) in [6.07, 6.45) is 2.12. The van der Waals surface area contributed by atoms with Gasteiger partial charge in [0.15, 0.2) is 0 Å². The van der Waals surface area contributed by atoms with E-state index in [1.807, 2.05) is 13.8 Å². The fourth-order valence-electron chi connectivity index (χ4n) is 2.74. The first-order valence-electron chi connectivity index (χ1n) is 7.08. The van der Waals surface area contributed by atoms with Crippen LogP contribution in [0, 0.1) is 5.92 Å². The van der Waals surface area contributed by atoms with E-state index in [4.69, 9.17) is 4.74 Å². The van der Waals surface area contributed by atoms with Crippen molar-refractivity contribution in [2.75, 3.05) is 32.7 Å². The molecule has 0 spiro atoms. The zero-order chi connectivity index (χ0) is 13.9. The molecule has 0 amide bonds. The minimum absolute atomic E-state index is 0.0447. The van der Waals surface area contributed by atoms with Gasteiger partial charge in [0.1, 0.15) is 0 Å². The lowest BCUT2D eigenvalue weighted by atomic mass is 10.0. The number of morpholine rings is 1. The van der Waals surface area contributed by atoms with E-state index in [1.165, 1.54) is 4.31 Å². The van der Waals surface area contributed by atoms with Crippen molar-refractivity contribution in [1.82, 2.24) is 14.3 Å². The molecule has 2 aliphatic rings. The molecule has 2 fully saturated rings. The number of hydrogen-bond donors (Lipinski definition) is 2. The van der Waals surface area contributed by atoms with Crippen LogP contribution in [-0.2, 0) is 14.9 Å². The van der Waals surface area contributed by atoms with Crippen LogP contribution in [0.1, 0.15) is 26.7 Å². The Morgan fingerprint density at radius 2 is 2.00 bits per heavy atom. The van der Waals surface area contributed by atoms with Gasteiger partial charge in [-0.05, 0) is 45.7 Å². The molecule has 0 aromatic carbocycles. The Kier molecular flexibility index (Phi) is 5.19. The number of hydrogen-bond acceptors (Lipinski definition) is 4. The van der Waals surface area contributed by atoms with E-state index >= 15 is 0 Å². The van der Waals surface area contributed by atoms with Crippen LogP contribution in [-0.4, -0.2) is 57.7 Å². The molecule has 0 bridgehead atoms.